The Morgan fingerprint density at radius 1 is 1.37 bits per heavy atom. The van der Waals surface area contributed by atoms with Gasteiger partial charge in [-0.2, -0.15) is 0 Å². The monoisotopic (exact) mass is 265 g/mol. The van der Waals surface area contributed by atoms with E-state index in [0.29, 0.717) is 11.5 Å². The van der Waals surface area contributed by atoms with Crippen LogP contribution in [-0.4, -0.2) is 32.8 Å². The maximum absolute atomic E-state index is 11.1. The molecule has 0 heterocycles. The van der Waals surface area contributed by atoms with Crippen molar-refractivity contribution in [2.45, 2.75) is 25.3 Å². The number of methoxy groups -OCH3 is 2. The topological polar surface area (TPSA) is 70.8 Å². The van der Waals surface area contributed by atoms with Crippen LogP contribution < -0.4 is 15.2 Å². The van der Waals surface area contributed by atoms with Crippen molar-refractivity contribution < 1.29 is 19.0 Å². The first-order valence-corrected chi connectivity index (χ1v) is 6.29. The van der Waals surface area contributed by atoms with Gasteiger partial charge in [0.05, 0.1) is 27.2 Å². The molecule has 1 aromatic carbocycles. The predicted octanol–water partition coefficient (Wildman–Crippen LogP) is 1.06. The standard InChI is InChI=1S/C14H19NO4/c1-17-12-4-3-9-7-10(15)8-11(9)14(12)19-6-5-13(16)18-2/h3-4,10H,5-8,15H2,1-2H3. The van der Waals surface area contributed by atoms with E-state index >= 15 is 0 Å². The number of carbonyl (C=O) groups excluding carboxylic acids is 1. The summed E-state index contributed by atoms with van der Waals surface area (Å²) in [6, 6.07) is 4.03. The fourth-order valence-electron chi connectivity index (χ4n) is 2.34. The predicted molar refractivity (Wildman–Crippen MR) is 70.5 cm³/mol. The third-order valence-corrected chi connectivity index (χ3v) is 3.27. The van der Waals surface area contributed by atoms with Crippen molar-refractivity contribution in [3.63, 3.8) is 0 Å². The van der Waals surface area contributed by atoms with Crippen LogP contribution >= 0.6 is 0 Å². The average molecular weight is 265 g/mol. The molecule has 0 amide bonds. The molecule has 5 heteroatoms. The van der Waals surface area contributed by atoms with Crippen LogP contribution in [0.4, 0.5) is 0 Å². The first-order valence-electron chi connectivity index (χ1n) is 6.29. The Bertz CT molecular complexity index is 473. The minimum atomic E-state index is -0.289. The normalized spacial score (nSPS) is 16.9. The molecule has 1 atom stereocenters. The number of hydrogen-bond acceptors (Lipinski definition) is 5. The first kappa shape index (κ1) is 13.7. The fraction of sp³-hybridized carbons (Fsp3) is 0.500. The summed E-state index contributed by atoms with van der Waals surface area (Å²) in [7, 11) is 2.96. The van der Waals surface area contributed by atoms with Gasteiger partial charge in [0.15, 0.2) is 11.5 Å². The second-order valence-electron chi connectivity index (χ2n) is 4.58. The largest absolute Gasteiger partial charge is 0.493 e. The van der Waals surface area contributed by atoms with Crippen LogP contribution in [0.1, 0.15) is 17.5 Å². The van der Waals surface area contributed by atoms with Gasteiger partial charge in [0, 0.05) is 11.6 Å². The van der Waals surface area contributed by atoms with Crippen LogP contribution in [0.15, 0.2) is 12.1 Å². The van der Waals surface area contributed by atoms with Gasteiger partial charge in [-0.1, -0.05) is 6.07 Å². The molecule has 0 bridgehead atoms. The van der Waals surface area contributed by atoms with E-state index < -0.39 is 0 Å². The second-order valence-corrected chi connectivity index (χ2v) is 4.58. The molecular weight excluding hydrogens is 246 g/mol. The number of fused-ring (bicyclic) bond motifs is 1. The molecule has 5 nitrogen and oxygen atoms in total. The van der Waals surface area contributed by atoms with Gasteiger partial charge in [-0.25, -0.2) is 0 Å². The van der Waals surface area contributed by atoms with E-state index in [4.69, 9.17) is 15.2 Å². The van der Waals surface area contributed by atoms with E-state index in [0.717, 1.165) is 18.4 Å². The molecular formula is C14H19NO4. The third kappa shape index (κ3) is 2.98. The molecule has 2 rings (SSSR count). The van der Waals surface area contributed by atoms with E-state index in [1.807, 2.05) is 12.1 Å². The summed E-state index contributed by atoms with van der Waals surface area (Å²) in [6.45, 7) is 0.273. The number of hydrogen-bond donors (Lipinski definition) is 1. The molecule has 0 saturated carbocycles. The van der Waals surface area contributed by atoms with E-state index in [9.17, 15) is 4.79 Å². The molecule has 0 radical (unpaired) electrons. The summed E-state index contributed by atoms with van der Waals surface area (Å²) in [4.78, 5) is 11.1. The van der Waals surface area contributed by atoms with Gasteiger partial charge in [-0.3, -0.25) is 4.79 Å². The van der Waals surface area contributed by atoms with Gasteiger partial charge in [0.1, 0.15) is 0 Å². The van der Waals surface area contributed by atoms with Crippen molar-refractivity contribution in [1.82, 2.24) is 0 Å². The maximum Gasteiger partial charge on any atom is 0.308 e. The number of ether oxygens (including phenoxy) is 3. The van der Waals surface area contributed by atoms with Crippen molar-refractivity contribution in [1.29, 1.82) is 0 Å². The lowest BCUT2D eigenvalue weighted by atomic mass is 10.1. The highest BCUT2D eigenvalue weighted by Gasteiger charge is 2.24. The fourth-order valence-corrected chi connectivity index (χ4v) is 2.34. The van der Waals surface area contributed by atoms with Gasteiger partial charge in [-0.05, 0) is 24.5 Å². The maximum atomic E-state index is 11.1. The Kier molecular flexibility index (Phi) is 4.27. The van der Waals surface area contributed by atoms with E-state index in [1.54, 1.807) is 7.11 Å². The zero-order valence-electron chi connectivity index (χ0n) is 11.3. The molecule has 1 aliphatic carbocycles. The number of esters is 1. The lowest BCUT2D eigenvalue weighted by molar-refractivity contribution is -0.141. The summed E-state index contributed by atoms with van der Waals surface area (Å²) in [6.07, 6.45) is 1.85. The van der Waals surface area contributed by atoms with E-state index in [-0.39, 0.29) is 25.0 Å². The third-order valence-electron chi connectivity index (χ3n) is 3.27. The highest BCUT2D eigenvalue weighted by atomic mass is 16.5. The first-order chi connectivity index (χ1) is 9.15. The molecule has 0 aromatic heterocycles. The number of rotatable bonds is 5. The van der Waals surface area contributed by atoms with Gasteiger partial charge in [0.2, 0.25) is 0 Å². The number of benzene rings is 1. The van der Waals surface area contributed by atoms with Crippen molar-refractivity contribution in [3.05, 3.63) is 23.3 Å². The van der Waals surface area contributed by atoms with Crippen LogP contribution in [0.5, 0.6) is 11.5 Å². The van der Waals surface area contributed by atoms with Gasteiger partial charge >= 0.3 is 5.97 Å². The molecule has 0 spiro atoms. The van der Waals surface area contributed by atoms with Crippen molar-refractivity contribution in [3.8, 4) is 11.5 Å². The Morgan fingerprint density at radius 2 is 2.16 bits per heavy atom. The smallest absolute Gasteiger partial charge is 0.308 e. The molecule has 0 fully saturated rings. The molecule has 0 aliphatic heterocycles. The van der Waals surface area contributed by atoms with E-state index in [1.165, 1.54) is 12.7 Å². The molecule has 19 heavy (non-hydrogen) atoms. The minimum Gasteiger partial charge on any atom is -0.493 e. The van der Waals surface area contributed by atoms with Gasteiger partial charge in [-0.15, -0.1) is 0 Å². The highest BCUT2D eigenvalue weighted by Crippen LogP contribution is 2.38. The van der Waals surface area contributed by atoms with Crippen LogP contribution in [0.2, 0.25) is 0 Å². The van der Waals surface area contributed by atoms with Crippen LogP contribution in [-0.2, 0) is 22.4 Å². The molecule has 0 saturated heterocycles. The zero-order chi connectivity index (χ0) is 13.8. The Balaban J connectivity index is 2.14. The number of nitrogens with two attached hydrogens (primary N) is 1. The average Bonchev–Trinajstić information content (AvgIpc) is 2.79. The molecule has 1 aromatic rings. The molecule has 104 valence electrons. The molecule has 1 unspecified atom stereocenters. The summed E-state index contributed by atoms with van der Waals surface area (Å²) in [5.74, 6) is 1.10. The van der Waals surface area contributed by atoms with Crippen molar-refractivity contribution >= 4 is 5.97 Å². The second kappa shape index (κ2) is 5.93. The Labute approximate surface area is 112 Å². The molecule has 2 N–H and O–H groups in total. The Morgan fingerprint density at radius 3 is 2.84 bits per heavy atom. The zero-order valence-corrected chi connectivity index (χ0v) is 11.3. The lowest BCUT2D eigenvalue weighted by Crippen LogP contribution is -2.19. The van der Waals surface area contributed by atoms with Crippen molar-refractivity contribution in [2.75, 3.05) is 20.8 Å². The molecule has 1 aliphatic rings. The summed E-state index contributed by atoms with van der Waals surface area (Å²) in [5, 5.41) is 0. The van der Waals surface area contributed by atoms with Gasteiger partial charge in [0.25, 0.3) is 0 Å². The van der Waals surface area contributed by atoms with Crippen LogP contribution in [0.3, 0.4) is 0 Å². The number of carbonyl (C=O) groups is 1. The quantitative estimate of drug-likeness (QED) is 0.806. The van der Waals surface area contributed by atoms with Crippen molar-refractivity contribution in [2.24, 2.45) is 5.73 Å². The minimum absolute atomic E-state index is 0.130. The summed E-state index contributed by atoms with van der Waals surface area (Å²) >= 11 is 0. The SMILES string of the molecule is COC(=O)CCOc1c(OC)ccc2c1CC(N)C2. The van der Waals surface area contributed by atoms with E-state index in [2.05, 4.69) is 4.74 Å². The van der Waals surface area contributed by atoms with Gasteiger partial charge < -0.3 is 19.9 Å². The Hall–Kier alpha value is -1.75. The highest BCUT2D eigenvalue weighted by molar-refractivity contribution is 5.69. The lowest BCUT2D eigenvalue weighted by Gasteiger charge is -2.14. The summed E-state index contributed by atoms with van der Waals surface area (Å²) < 4.78 is 15.6. The van der Waals surface area contributed by atoms with Crippen LogP contribution in [0, 0.1) is 0 Å². The van der Waals surface area contributed by atoms with Crippen LogP contribution in [0.25, 0.3) is 0 Å². The summed E-state index contributed by atoms with van der Waals surface area (Å²) in [5.41, 5.74) is 8.26.